The molecule has 1 fully saturated rings. The first kappa shape index (κ1) is 20.2. The van der Waals surface area contributed by atoms with Crippen molar-refractivity contribution in [2.75, 3.05) is 32.7 Å². The van der Waals surface area contributed by atoms with Gasteiger partial charge in [-0.15, -0.1) is 0 Å². The number of piperazine rings is 1. The number of amides is 1. The third-order valence-electron chi connectivity index (χ3n) is 5.38. The van der Waals surface area contributed by atoms with E-state index in [-0.39, 0.29) is 5.91 Å². The Morgan fingerprint density at radius 1 is 1.00 bits per heavy atom. The third-order valence-corrected chi connectivity index (χ3v) is 5.38. The molecule has 0 atom stereocenters. The second-order valence-electron chi connectivity index (χ2n) is 7.95. The summed E-state index contributed by atoms with van der Waals surface area (Å²) in [5, 5.41) is 4.11. The van der Waals surface area contributed by atoms with Gasteiger partial charge in [0, 0.05) is 5.56 Å². The van der Waals surface area contributed by atoms with E-state index in [0.29, 0.717) is 12.5 Å². The van der Waals surface area contributed by atoms with Gasteiger partial charge in [-0.3, -0.25) is 4.79 Å². The van der Waals surface area contributed by atoms with Crippen molar-refractivity contribution in [2.45, 2.75) is 26.3 Å². The van der Waals surface area contributed by atoms with E-state index < -0.39 is 0 Å². The highest BCUT2D eigenvalue weighted by molar-refractivity contribution is 5.82. The van der Waals surface area contributed by atoms with Crippen molar-refractivity contribution < 1.29 is 14.6 Å². The van der Waals surface area contributed by atoms with Crippen LogP contribution in [0.15, 0.2) is 59.7 Å². The Bertz CT molecular complexity index is 763. The van der Waals surface area contributed by atoms with Crippen LogP contribution in [-0.4, -0.2) is 44.8 Å². The fourth-order valence-electron chi connectivity index (χ4n) is 3.61. The lowest BCUT2D eigenvalue weighted by molar-refractivity contribution is -1.02. The highest BCUT2D eigenvalue weighted by Gasteiger charge is 2.24. The second-order valence-corrected chi connectivity index (χ2v) is 7.95. The molecule has 1 amide bonds. The summed E-state index contributed by atoms with van der Waals surface area (Å²) < 4.78 is 0. The molecule has 2 aromatic carbocycles. The van der Waals surface area contributed by atoms with Gasteiger partial charge in [0.25, 0.3) is 5.91 Å². The summed E-state index contributed by atoms with van der Waals surface area (Å²) in [5.74, 6) is 0.500. The van der Waals surface area contributed by atoms with Crippen LogP contribution in [0.25, 0.3) is 0 Å². The number of carbonyl (C=O) groups excluding carboxylic acids is 1. The number of rotatable bonds is 7. The number of hydrazone groups is 1. The second kappa shape index (κ2) is 10.2. The van der Waals surface area contributed by atoms with Crippen molar-refractivity contribution in [3.8, 4) is 0 Å². The normalized spacial score (nSPS) is 19.8. The van der Waals surface area contributed by atoms with Gasteiger partial charge < -0.3 is 9.80 Å². The predicted molar refractivity (Wildman–Crippen MR) is 113 cm³/mol. The maximum absolute atomic E-state index is 12.2. The average molecular weight is 381 g/mol. The lowest BCUT2D eigenvalue weighted by atomic mass is 10.0. The lowest BCUT2D eigenvalue weighted by Crippen LogP contribution is -3.28. The van der Waals surface area contributed by atoms with Gasteiger partial charge in [-0.2, -0.15) is 5.10 Å². The zero-order valence-corrected chi connectivity index (χ0v) is 16.9. The van der Waals surface area contributed by atoms with E-state index in [4.69, 9.17) is 0 Å². The molecule has 5 heteroatoms. The van der Waals surface area contributed by atoms with Gasteiger partial charge >= 0.3 is 0 Å². The maximum atomic E-state index is 12.2. The Morgan fingerprint density at radius 2 is 1.64 bits per heavy atom. The molecule has 0 spiro atoms. The van der Waals surface area contributed by atoms with Crippen LogP contribution in [0.5, 0.6) is 0 Å². The van der Waals surface area contributed by atoms with Crippen molar-refractivity contribution in [2.24, 2.45) is 5.10 Å². The summed E-state index contributed by atoms with van der Waals surface area (Å²) >= 11 is 0. The first-order valence-corrected chi connectivity index (χ1v) is 10.2. The maximum Gasteiger partial charge on any atom is 0.295 e. The molecule has 5 nitrogen and oxygen atoms in total. The molecule has 1 aliphatic heterocycles. The summed E-state index contributed by atoms with van der Waals surface area (Å²) in [5.41, 5.74) is 6.35. The van der Waals surface area contributed by atoms with Gasteiger partial charge in [-0.25, -0.2) is 5.43 Å². The summed E-state index contributed by atoms with van der Waals surface area (Å²) in [7, 11) is 0. The summed E-state index contributed by atoms with van der Waals surface area (Å²) in [6.45, 7) is 10.2. The number of nitrogens with one attached hydrogen (secondary N) is 3. The molecule has 0 saturated carbocycles. The molecule has 1 heterocycles. The fraction of sp³-hybridized carbons (Fsp3) is 0.391. The molecule has 3 N–H and O–H groups in total. The van der Waals surface area contributed by atoms with Crippen LogP contribution in [0.3, 0.4) is 0 Å². The Labute approximate surface area is 168 Å². The molecule has 2 aromatic rings. The van der Waals surface area contributed by atoms with Crippen molar-refractivity contribution >= 4 is 12.1 Å². The van der Waals surface area contributed by atoms with E-state index in [2.05, 4.69) is 66.8 Å². The number of carbonyl (C=O) groups is 1. The molecule has 0 bridgehead atoms. The van der Waals surface area contributed by atoms with Crippen LogP contribution >= 0.6 is 0 Å². The number of benzene rings is 2. The summed E-state index contributed by atoms with van der Waals surface area (Å²) in [6, 6.07) is 18.9. The molecule has 1 aliphatic rings. The SMILES string of the molecule is CC(C)c1ccc(C=NNC(=O)C[NH+]2CC[NH+](Cc3ccccc3)CC2)cc1. The van der Waals surface area contributed by atoms with Gasteiger partial charge in [0.2, 0.25) is 0 Å². The highest BCUT2D eigenvalue weighted by Crippen LogP contribution is 2.13. The molecule has 0 aromatic heterocycles. The minimum atomic E-state index is -0.0171. The van der Waals surface area contributed by atoms with E-state index in [1.54, 1.807) is 11.1 Å². The van der Waals surface area contributed by atoms with Crippen LogP contribution in [0.1, 0.15) is 36.5 Å². The van der Waals surface area contributed by atoms with Gasteiger partial charge in [0.05, 0.1) is 6.21 Å². The van der Waals surface area contributed by atoms with Crippen molar-refractivity contribution in [1.29, 1.82) is 0 Å². The van der Waals surface area contributed by atoms with Crippen molar-refractivity contribution in [3.05, 3.63) is 71.3 Å². The topological polar surface area (TPSA) is 50.3 Å². The third kappa shape index (κ3) is 6.29. The monoisotopic (exact) mass is 380 g/mol. The Hall–Kier alpha value is -2.50. The van der Waals surface area contributed by atoms with E-state index in [1.165, 1.54) is 16.0 Å². The van der Waals surface area contributed by atoms with E-state index >= 15 is 0 Å². The van der Waals surface area contributed by atoms with Gasteiger partial charge in [0.15, 0.2) is 6.54 Å². The van der Waals surface area contributed by atoms with Crippen LogP contribution < -0.4 is 15.2 Å². The van der Waals surface area contributed by atoms with Crippen LogP contribution in [0.2, 0.25) is 0 Å². The Morgan fingerprint density at radius 3 is 2.29 bits per heavy atom. The number of quaternary nitrogens is 2. The molecule has 0 radical (unpaired) electrons. The Kier molecular flexibility index (Phi) is 7.34. The number of hydrogen-bond acceptors (Lipinski definition) is 2. The van der Waals surface area contributed by atoms with E-state index in [1.807, 2.05) is 12.1 Å². The molecule has 0 aliphatic carbocycles. The summed E-state index contributed by atoms with van der Waals surface area (Å²) in [4.78, 5) is 15.1. The van der Waals surface area contributed by atoms with Crippen molar-refractivity contribution in [3.63, 3.8) is 0 Å². The predicted octanol–water partition coefficient (Wildman–Crippen LogP) is 0.244. The number of hydrogen-bond donors (Lipinski definition) is 3. The van der Waals surface area contributed by atoms with E-state index in [0.717, 1.165) is 38.3 Å². The fourth-order valence-corrected chi connectivity index (χ4v) is 3.61. The van der Waals surface area contributed by atoms with Gasteiger partial charge in [0.1, 0.15) is 32.7 Å². The van der Waals surface area contributed by atoms with Gasteiger partial charge in [-0.1, -0.05) is 68.4 Å². The zero-order valence-electron chi connectivity index (χ0n) is 16.9. The van der Waals surface area contributed by atoms with Crippen LogP contribution in [0, 0.1) is 0 Å². The molecule has 0 unspecified atom stereocenters. The molecule has 1 saturated heterocycles. The molecule has 28 heavy (non-hydrogen) atoms. The van der Waals surface area contributed by atoms with E-state index in [9.17, 15) is 4.79 Å². The number of nitrogens with zero attached hydrogens (tertiary/aromatic N) is 1. The smallest absolute Gasteiger partial charge is 0.295 e. The largest absolute Gasteiger partial charge is 0.322 e. The molecular formula is C23H32N4O+2. The molecular weight excluding hydrogens is 348 g/mol. The molecule has 148 valence electrons. The average Bonchev–Trinajstić information content (AvgIpc) is 2.71. The van der Waals surface area contributed by atoms with Crippen LogP contribution in [0.4, 0.5) is 0 Å². The summed E-state index contributed by atoms with van der Waals surface area (Å²) in [6.07, 6.45) is 1.71. The standard InChI is InChI=1S/C23H30N4O/c1-19(2)22-10-8-20(9-11-22)16-24-25-23(28)18-27-14-12-26(13-15-27)17-21-6-4-3-5-7-21/h3-11,16,19H,12-15,17-18H2,1-2H3,(H,25,28)/p+2. The molecule has 3 rings (SSSR count). The lowest BCUT2D eigenvalue weighted by Gasteiger charge is -2.29. The zero-order chi connectivity index (χ0) is 19.8. The van der Waals surface area contributed by atoms with Gasteiger partial charge in [-0.05, 0) is 17.0 Å². The quantitative estimate of drug-likeness (QED) is 0.468. The Balaban J connectivity index is 1.37. The van der Waals surface area contributed by atoms with Crippen LogP contribution in [-0.2, 0) is 11.3 Å². The van der Waals surface area contributed by atoms with Crippen molar-refractivity contribution in [1.82, 2.24) is 5.43 Å². The first-order valence-electron chi connectivity index (χ1n) is 10.2. The minimum Gasteiger partial charge on any atom is -0.322 e. The minimum absolute atomic E-state index is 0.0171. The first-order chi connectivity index (χ1) is 13.6. The highest BCUT2D eigenvalue weighted by atomic mass is 16.2.